The standard InChI is InChI=1S/C20H23N5O2S2/c1-4-11-25-17(13-14-6-8-15(27-3)9-7-14)23-24-20(25)29-16(5-2)18(26)22-19-21-10-12-28-19/h4,6-10,12,16H,1,5,11,13H2,2-3H3,(H,21,22,26)/t16-/m0/s1. The third-order valence-electron chi connectivity index (χ3n) is 4.20. The van der Waals surface area contributed by atoms with Gasteiger partial charge in [-0.2, -0.15) is 0 Å². The van der Waals surface area contributed by atoms with E-state index < -0.39 is 0 Å². The van der Waals surface area contributed by atoms with E-state index in [0.29, 0.717) is 29.7 Å². The summed E-state index contributed by atoms with van der Waals surface area (Å²) in [6, 6.07) is 7.87. The molecule has 0 saturated heterocycles. The molecule has 0 aliphatic heterocycles. The second kappa shape index (κ2) is 10.2. The first-order valence-corrected chi connectivity index (χ1v) is 10.9. The lowest BCUT2D eigenvalue weighted by Gasteiger charge is -2.14. The van der Waals surface area contributed by atoms with Crippen LogP contribution in [0.3, 0.4) is 0 Å². The van der Waals surface area contributed by atoms with Crippen LogP contribution < -0.4 is 10.1 Å². The highest BCUT2D eigenvalue weighted by molar-refractivity contribution is 8.00. The Labute approximate surface area is 178 Å². The lowest BCUT2D eigenvalue weighted by molar-refractivity contribution is -0.115. The molecule has 2 heterocycles. The smallest absolute Gasteiger partial charge is 0.239 e. The first-order chi connectivity index (χ1) is 14.1. The number of anilines is 1. The van der Waals surface area contributed by atoms with Gasteiger partial charge in [0, 0.05) is 24.5 Å². The summed E-state index contributed by atoms with van der Waals surface area (Å²) in [6.45, 7) is 6.40. The van der Waals surface area contributed by atoms with Crippen LogP contribution in [0.2, 0.25) is 0 Å². The van der Waals surface area contributed by atoms with Crippen molar-refractivity contribution in [3.05, 3.63) is 59.9 Å². The fourth-order valence-electron chi connectivity index (χ4n) is 2.70. The van der Waals surface area contributed by atoms with Crippen LogP contribution in [0.15, 0.2) is 53.7 Å². The minimum atomic E-state index is -0.291. The van der Waals surface area contributed by atoms with E-state index >= 15 is 0 Å². The second-order valence-corrected chi connectivity index (χ2v) is 8.23. The largest absolute Gasteiger partial charge is 0.497 e. The molecule has 0 radical (unpaired) electrons. The molecule has 7 nitrogen and oxygen atoms in total. The number of nitrogens with one attached hydrogen (secondary N) is 1. The maximum absolute atomic E-state index is 12.6. The zero-order valence-electron chi connectivity index (χ0n) is 16.4. The summed E-state index contributed by atoms with van der Waals surface area (Å²) in [5.41, 5.74) is 1.11. The van der Waals surface area contributed by atoms with Crippen LogP contribution in [0.4, 0.5) is 5.13 Å². The van der Waals surface area contributed by atoms with Gasteiger partial charge in [0.1, 0.15) is 11.6 Å². The molecule has 0 bridgehead atoms. The van der Waals surface area contributed by atoms with E-state index in [2.05, 4.69) is 27.1 Å². The van der Waals surface area contributed by atoms with E-state index in [9.17, 15) is 4.79 Å². The van der Waals surface area contributed by atoms with Crippen molar-refractivity contribution >= 4 is 34.1 Å². The van der Waals surface area contributed by atoms with Crippen LogP contribution in [-0.4, -0.2) is 38.0 Å². The Morgan fingerprint density at radius 2 is 2.17 bits per heavy atom. The normalized spacial score (nSPS) is 11.8. The molecule has 0 unspecified atom stereocenters. The van der Waals surface area contributed by atoms with E-state index in [1.165, 1.54) is 23.1 Å². The number of amides is 1. The van der Waals surface area contributed by atoms with Crippen LogP contribution in [0.1, 0.15) is 24.7 Å². The molecule has 1 N–H and O–H groups in total. The van der Waals surface area contributed by atoms with E-state index in [1.807, 2.05) is 47.2 Å². The maximum atomic E-state index is 12.6. The molecule has 29 heavy (non-hydrogen) atoms. The Hall–Kier alpha value is -2.65. The first kappa shape index (κ1) is 21.1. The first-order valence-electron chi connectivity index (χ1n) is 9.17. The number of aromatic nitrogens is 4. The van der Waals surface area contributed by atoms with Gasteiger partial charge in [-0.25, -0.2) is 4.98 Å². The van der Waals surface area contributed by atoms with E-state index in [-0.39, 0.29) is 11.2 Å². The topological polar surface area (TPSA) is 81.9 Å². The number of carbonyl (C=O) groups excluding carboxylic acids is 1. The van der Waals surface area contributed by atoms with E-state index in [0.717, 1.165) is 17.1 Å². The van der Waals surface area contributed by atoms with Gasteiger partial charge < -0.3 is 14.6 Å². The summed E-state index contributed by atoms with van der Waals surface area (Å²) in [5.74, 6) is 1.56. The average Bonchev–Trinajstić information content (AvgIpc) is 3.37. The molecule has 1 amide bonds. The fraction of sp³-hybridized carbons (Fsp3) is 0.300. The van der Waals surface area contributed by atoms with Gasteiger partial charge in [-0.15, -0.1) is 28.1 Å². The third-order valence-corrected chi connectivity index (χ3v) is 6.23. The Kier molecular flexibility index (Phi) is 7.42. The van der Waals surface area contributed by atoms with Gasteiger partial charge >= 0.3 is 0 Å². The number of benzene rings is 1. The number of hydrogen-bond acceptors (Lipinski definition) is 7. The molecule has 0 aliphatic rings. The van der Waals surface area contributed by atoms with Crippen molar-refractivity contribution in [3.63, 3.8) is 0 Å². The monoisotopic (exact) mass is 429 g/mol. The molecular formula is C20H23N5O2S2. The molecule has 1 atom stereocenters. The summed E-state index contributed by atoms with van der Waals surface area (Å²) in [5, 5.41) is 14.4. The van der Waals surface area contributed by atoms with Crippen molar-refractivity contribution in [1.82, 2.24) is 19.7 Å². The maximum Gasteiger partial charge on any atom is 0.239 e. The molecule has 0 fully saturated rings. The predicted molar refractivity (Wildman–Crippen MR) is 117 cm³/mol. The number of hydrogen-bond donors (Lipinski definition) is 1. The number of nitrogens with zero attached hydrogens (tertiary/aromatic N) is 4. The Bertz CT molecular complexity index is 938. The average molecular weight is 430 g/mol. The van der Waals surface area contributed by atoms with Gasteiger partial charge in [0.2, 0.25) is 5.91 Å². The number of methoxy groups -OCH3 is 1. The van der Waals surface area contributed by atoms with E-state index in [1.54, 1.807) is 13.3 Å². The van der Waals surface area contributed by atoms with Crippen molar-refractivity contribution in [1.29, 1.82) is 0 Å². The van der Waals surface area contributed by atoms with Crippen molar-refractivity contribution in [2.75, 3.05) is 12.4 Å². The minimum Gasteiger partial charge on any atom is -0.497 e. The fourth-order valence-corrected chi connectivity index (χ4v) is 4.21. The van der Waals surface area contributed by atoms with Gasteiger partial charge in [0.05, 0.1) is 12.4 Å². The van der Waals surface area contributed by atoms with Crippen molar-refractivity contribution in [3.8, 4) is 5.75 Å². The van der Waals surface area contributed by atoms with Gasteiger partial charge in [-0.3, -0.25) is 4.79 Å². The minimum absolute atomic E-state index is 0.0858. The quantitative estimate of drug-likeness (QED) is 0.387. The zero-order valence-corrected chi connectivity index (χ0v) is 18.0. The molecule has 9 heteroatoms. The Morgan fingerprint density at radius 3 is 2.79 bits per heavy atom. The van der Waals surface area contributed by atoms with Crippen LogP contribution in [-0.2, 0) is 17.8 Å². The van der Waals surface area contributed by atoms with Crippen molar-refractivity contribution in [2.24, 2.45) is 0 Å². The summed E-state index contributed by atoms with van der Waals surface area (Å²) >= 11 is 2.81. The molecular weight excluding hydrogens is 406 g/mol. The molecule has 0 aliphatic carbocycles. The number of allylic oxidation sites excluding steroid dienone is 1. The predicted octanol–water partition coefficient (Wildman–Crippen LogP) is 4.03. The summed E-state index contributed by atoms with van der Waals surface area (Å²) in [6.07, 6.45) is 4.77. The molecule has 0 spiro atoms. The second-order valence-electron chi connectivity index (χ2n) is 6.16. The van der Waals surface area contributed by atoms with Crippen LogP contribution in [0.25, 0.3) is 0 Å². The van der Waals surface area contributed by atoms with Gasteiger partial charge in [-0.05, 0) is 24.1 Å². The summed E-state index contributed by atoms with van der Waals surface area (Å²) < 4.78 is 7.21. The van der Waals surface area contributed by atoms with Gasteiger partial charge in [-0.1, -0.05) is 36.9 Å². The number of thioether (sulfide) groups is 1. The molecule has 3 rings (SSSR count). The van der Waals surface area contributed by atoms with Gasteiger partial charge in [0.25, 0.3) is 0 Å². The zero-order chi connectivity index (χ0) is 20.6. The molecule has 0 saturated carbocycles. The highest BCUT2D eigenvalue weighted by Crippen LogP contribution is 2.27. The number of rotatable bonds is 10. The highest BCUT2D eigenvalue weighted by atomic mass is 32.2. The van der Waals surface area contributed by atoms with Crippen molar-refractivity contribution in [2.45, 2.75) is 36.7 Å². The highest BCUT2D eigenvalue weighted by Gasteiger charge is 2.23. The third kappa shape index (κ3) is 5.45. The number of thiazole rings is 1. The van der Waals surface area contributed by atoms with Crippen LogP contribution in [0, 0.1) is 0 Å². The lowest BCUT2D eigenvalue weighted by atomic mass is 10.1. The van der Waals surface area contributed by atoms with Gasteiger partial charge in [0.15, 0.2) is 10.3 Å². The Morgan fingerprint density at radius 1 is 1.38 bits per heavy atom. The molecule has 2 aromatic heterocycles. The molecule has 1 aromatic carbocycles. The lowest BCUT2D eigenvalue weighted by Crippen LogP contribution is -2.25. The molecule has 152 valence electrons. The molecule has 3 aromatic rings. The van der Waals surface area contributed by atoms with Crippen LogP contribution in [0.5, 0.6) is 5.75 Å². The van der Waals surface area contributed by atoms with Crippen molar-refractivity contribution < 1.29 is 9.53 Å². The number of ether oxygens (including phenoxy) is 1. The Balaban J connectivity index is 1.75. The number of carbonyl (C=O) groups is 1. The van der Waals surface area contributed by atoms with Crippen LogP contribution >= 0.6 is 23.1 Å². The summed E-state index contributed by atoms with van der Waals surface area (Å²) in [7, 11) is 1.65. The SMILES string of the molecule is C=CCn1c(Cc2ccc(OC)cc2)nnc1S[C@@H](CC)C(=O)Nc1nccs1. The van der Waals surface area contributed by atoms with E-state index in [4.69, 9.17) is 4.74 Å². The summed E-state index contributed by atoms with van der Waals surface area (Å²) in [4.78, 5) is 16.7.